The van der Waals surface area contributed by atoms with Crippen LogP contribution in [0.2, 0.25) is 0 Å². The first-order chi connectivity index (χ1) is 5.11. The number of nitrogens with zero attached hydrogens (tertiary/aromatic N) is 1. The Morgan fingerprint density at radius 1 is 1.82 bits per heavy atom. The van der Waals surface area contributed by atoms with E-state index >= 15 is 0 Å². The standard InChI is InChI=1S/C7H9NO3/c1-5(11-2)3-6(4-8)7(9)10/h3,5H,1-2H3,(H,9,10)/b6-3+. The molecule has 1 unspecified atom stereocenters. The maximum atomic E-state index is 10.2. The molecule has 0 amide bonds. The minimum atomic E-state index is -1.23. The topological polar surface area (TPSA) is 70.3 Å². The molecule has 4 nitrogen and oxygen atoms in total. The number of aliphatic carboxylic acids is 1. The average Bonchev–Trinajstić information content (AvgIpc) is 1.99. The minimum absolute atomic E-state index is 0.292. The van der Waals surface area contributed by atoms with Gasteiger partial charge in [0.2, 0.25) is 0 Å². The van der Waals surface area contributed by atoms with Crippen molar-refractivity contribution in [2.75, 3.05) is 7.11 Å². The van der Waals surface area contributed by atoms with Crippen molar-refractivity contribution >= 4 is 5.97 Å². The van der Waals surface area contributed by atoms with Crippen LogP contribution >= 0.6 is 0 Å². The molecule has 1 N–H and O–H groups in total. The van der Waals surface area contributed by atoms with Crippen molar-refractivity contribution in [3.8, 4) is 6.07 Å². The fourth-order valence-corrected chi connectivity index (χ4v) is 0.459. The molecule has 0 aliphatic rings. The Balaban J connectivity index is 4.39. The van der Waals surface area contributed by atoms with Gasteiger partial charge in [0.1, 0.15) is 11.6 Å². The summed E-state index contributed by atoms with van der Waals surface area (Å²) in [6.07, 6.45) is 0.906. The zero-order chi connectivity index (χ0) is 8.85. The molecule has 0 saturated heterocycles. The summed E-state index contributed by atoms with van der Waals surface area (Å²) in [5.74, 6) is -1.23. The van der Waals surface area contributed by atoms with Crippen molar-refractivity contribution in [3.05, 3.63) is 11.6 Å². The van der Waals surface area contributed by atoms with E-state index < -0.39 is 5.97 Å². The maximum Gasteiger partial charge on any atom is 0.346 e. The van der Waals surface area contributed by atoms with Crippen molar-refractivity contribution in [3.63, 3.8) is 0 Å². The van der Waals surface area contributed by atoms with Gasteiger partial charge in [0.05, 0.1) is 6.10 Å². The van der Waals surface area contributed by atoms with E-state index in [-0.39, 0.29) is 11.7 Å². The smallest absolute Gasteiger partial charge is 0.346 e. The summed E-state index contributed by atoms with van der Waals surface area (Å²) in [7, 11) is 1.44. The van der Waals surface area contributed by atoms with Crippen LogP contribution in [0, 0.1) is 11.3 Å². The quantitative estimate of drug-likeness (QED) is 0.477. The number of carbonyl (C=O) groups is 1. The van der Waals surface area contributed by atoms with Gasteiger partial charge in [-0.25, -0.2) is 4.79 Å². The molecule has 0 aliphatic carbocycles. The summed E-state index contributed by atoms with van der Waals surface area (Å²) in [6.45, 7) is 1.65. The van der Waals surface area contributed by atoms with Gasteiger partial charge < -0.3 is 9.84 Å². The molecular weight excluding hydrogens is 146 g/mol. The highest BCUT2D eigenvalue weighted by Crippen LogP contribution is 1.97. The van der Waals surface area contributed by atoms with Crippen LogP contribution in [0.3, 0.4) is 0 Å². The second kappa shape index (κ2) is 4.47. The molecule has 0 rings (SSSR count). The van der Waals surface area contributed by atoms with E-state index in [9.17, 15) is 4.79 Å². The van der Waals surface area contributed by atoms with Crippen molar-refractivity contribution in [2.24, 2.45) is 0 Å². The number of hydrogen-bond acceptors (Lipinski definition) is 3. The Morgan fingerprint density at radius 3 is 2.64 bits per heavy atom. The van der Waals surface area contributed by atoms with E-state index in [1.165, 1.54) is 13.2 Å². The highest BCUT2D eigenvalue weighted by molar-refractivity contribution is 5.91. The molecule has 60 valence electrons. The van der Waals surface area contributed by atoms with Gasteiger partial charge in [-0.15, -0.1) is 0 Å². The molecule has 0 fully saturated rings. The monoisotopic (exact) mass is 155 g/mol. The van der Waals surface area contributed by atoms with Crippen molar-refractivity contribution < 1.29 is 14.6 Å². The highest BCUT2D eigenvalue weighted by Gasteiger charge is 2.06. The third-order valence-corrected chi connectivity index (χ3v) is 1.12. The molecule has 11 heavy (non-hydrogen) atoms. The van der Waals surface area contributed by atoms with E-state index in [1.54, 1.807) is 13.0 Å². The lowest BCUT2D eigenvalue weighted by Gasteiger charge is -2.01. The van der Waals surface area contributed by atoms with Crippen LogP contribution in [0.4, 0.5) is 0 Å². The first-order valence-electron chi connectivity index (χ1n) is 2.99. The molecule has 0 aliphatic heterocycles. The third-order valence-electron chi connectivity index (χ3n) is 1.12. The molecule has 1 atom stereocenters. The highest BCUT2D eigenvalue weighted by atomic mass is 16.5. The van der Waals surface area contributed by atoms with Gasteiger partial charge in [-0.1, -0.05) is 0 Å². The lowest BCUT2D eigenvalue weighted by atomic mass is 10.2. The fraction of sp³-hybridized carbons (Fsp3) is 0.429. The molecule has 0 saturated carbocycles. The average molecular weight is 155 g/mol. The molecule has 0 aromatic rings. The Hall–Kier alpha value is -1.34. The Bertz CT molecular complexity index is 214. The van der Waals surface area contributed by atoms with E-state index in [4.69, 9.17) is 15.1 Å². The number of carboxylic acid groups (broad SMARTS) is 1. The molecule has 0 aromatic carbocycles. The fourth-order valence-electron chi connectivity index (χ4n) is 0.459. The lowest BCUT2D eigenvalue weighted by molar-refractivity contribution is -0.132. The summed E-state index contributed by atoms with van der Waals surface area (Å²) >= 11 is 0. The van der Waals surface area contributed by atoms with Crippen molar-refractivity contribution in [1.82, 2.24) is 0 Å². The Labute approximate surface area is 64.7 Å². The number of nitriles is 1. The molecule has 0 aromatic heterocycles. The van der Waals surface area contributed by atoms with Gasteiger partial charge in [0.15, 0.2) is 0 Å². The largest absolute Gasteiger partial charge is 0.477 e. The van der Waals surface area contributed by atoms with E-state index in [2.05, 4.69) is 0 Å². The number of hydrogen-bond donors (Lipinski definition) is 1. The van der Waals surface area contributed by atoms with E-state index in [0.717, 1.165) is 0 Å². The molecular formula is C7H9NO3. The summed E-state index contributed by atoms with van der Waals surface area (Å²) in [4.78, 5) is 10.2. The van der Waals surface area contributed by atoms with Crippen LogP contribution in [0.15, 0.2) is 11.6 Å². The number of carboxylic acids is 1. The van der Waals surface area contributed by atoms with Crippen molar-refractivity contribution in [1.29, 1.82) is 5.26 Å². The zero-order valence-electron chi connectivity index (χ0n) is 6.37. The lowest BCUT2D eigenvalue weighted by Crippen LogP contribution is -2.05. The minimum Gasteiger partial charge on any atom is -0.477 e. The zero-order valence-corrected chi connectivity index (χ0v) is 6.37. The third kappa shape index (κ3) is 3.38. The second-order valence-corrected chi connectivity index (χ2v) is 1.94. The van der Waals surface area contributed by atoms with Crippen LogP contribution in [0.5, 0.6) is 0 Å². The molecule has 0 heterocycles. The molecule has 0 bridgehead atoms. The summed E-state index contributed by atoms with van der Waals surface area (Å²) in [5.41, 5.74) is -0.292. The van der Waals surface area contributed by atoms with Crippen molar-refractivity contribution in [2.45, 2.75) is 13.0 Å². The van der Waals surface area contributed by atoms with Gasteiger partial charge in [-0.2, -0.15) is 5.26 Å². The van der Waals surface area contributed by atoms with Crippen LogP contribution in [0.25, 0.3) is 0 Å². The molecule has 4 heteroatoms. The van der Waals surface area contributed by atoms with Crippen LogP contribution < -0.4 is 0 Å². The first-order valence-corrected chi connectivity index (χ1v) is 2.99. The Kier molecular flexibility index (Phi) is 3.93. The van der Waals surface area contributed by atoms with Gasteiger partial charge >= 0.3 is 5.97 Å². The van der Waals surface area contributed by atoms with E-state index in [0.29, 0.717) is 0 Å². The maximum absolute atomic E-state index is 10.2. The van der Waals surface area contributed by atoms with Gasteiger partial charge in [-0.3, -0.25) is 0 Å². The second-order valence-electron chi connectivity index (χ2n) is 1.94. The summed E-state index contributed by atoms with van der Waals surface area (Å²) in [6, 6.07) is 1.55. The number of ether oxygens (including phenoxy) is 1. The Morgan fingerprint density at radius 2 is 2.36 bits per heavy atom. The SMILES string of the molecule is COC(C)/C=C(\C#N)C(=O)O. The van der Waals surface area contributed by atoms with E-state index in [1.807, 2.05) is 0 Å². The van der Waals surface area contributed by atoms with Gasteiger partial charge in [-0.05, 0) is 13.0 Å². The number of methoxy groups -OCH3 is 1. The molecule has 0 radical (unpaired) electrons. The molecule has 0 spiro atoms. The van der Waals surface area contributed by atoms with Crippen LogP contribution in [-0.4, -0.2) is 24.3 Å². The normalized spacial score (nSPS) is 13.7. The summed E-state index contributed by atoms with van der Waals surface area (Å²) in [5, 5.41) is 16.7. The summed E-state index contributed by atoms with van der Waals surface area (Å²) < 4.78 is 4.74. The predicted molar refractivity (Wildman–Crippen MR) is 37.8 cm³/mol. The van der Waals surface area contributed by atoms with Gasteiger partial charge in [0, 0.05) is 7.11 Å². The first kappa shape index (κ1) is 9.66. The van der Waals surface area contributed by atoms with Crippen LogP contribution in [0.1, 0.15) is 6.92 Å². The number of rotatable bonds is 3. The van der Waals surface area contributed by atoms with Gasteiger partial charge in [0.25, 0.3) is 0 Å². The van der Waals surface area contributed by atoms with Crippen LogP contribution in [-0.2, 0) is 9.53 Å². The predicted octanol–water partition coefficient (Wildman–Crippen LogP) is 0.556.